The molecule has 1 aromatic carbocycles. The monoisotopic (exact) mass is 369 g/mol. The van der Waals surface area contributed by atoms with Crippen molar-refractivity contribution < 1.29 is 32.1 Å². The molecule has 26 heavy (non-hydrogen) atoms. The van der Waals surface area contributed by atoms with E-state index in [2.05, 4.69) is 20.3 Å². The van der Waals surface area contributed by atoms with Gasteiger partial charge in [-0.25, -0.2) is 22.6 Å². The third kappa shape index (κ3) is 3.73. The summed E-state index contributed by atoms with van der Waals surface area (Å²) in [5.41, 5.74) is -1.66. The Balaban J connectivity index is 2.49. The molecule has 0 aliphatic carbocycles. The van der Waals surface area contributed by atoms with Gasteiger partial charge in [0.2, 0.25) is 5.78 Å². The Kier molecular flexibility index (Phi) is 5.75. The number of aryl methyl sites for hydroxylation is 1. The van der Waals surface area contributed by atoms with Crippen molar-refractivity contribution in [1.82, 2.24) is 10.3 Å². The van der Waals surface area contributed by atoms with Crippen LogP contribution >= 0.6 is 0 Å². The molecular weight excluding hydrogens is 355 g/mol. The molecule has 138 valence electrons. The minimum Gasteiger partial charge on any atom is -0.462 e. The number of Topliss-reactive ketones (excluding diaryl/α,β-unsaturated/α-hetero) is 1. The van der Waals surface area contributed by atoms with E-state index in [1.807, 2.05) is 0 Å². The zero-order valence-corrected chi connectivity index (χ0v) is 14.0. The SMILES string of the molecule is CCOC(=O)C(=CNc1nonc1C)C(=O)c1c(F)cc(F)c(F)c1C. The van der Waals surface area contributed by atoms with E-state index in [1.165, 1.54) is 13.8 Å². The number of halogens is 3. The van der Waals surface area contributed by atoms with Crippen LogP contribution in [-0.4, -0.2) is 28.7 Å². The second-order valence-electron chi connectivity index (χ2n) is 5.10. The van der Waals surface area contributed by atoms with Crippen molar-refractivity contribution in [2.24, 2.45) is 0 Å². The van der Waals surface area contributed by atoms with Gasteiger partial charge in [-0.1, -0.05) is 5.16 Å². The molecule has 1 heterocycles. The number of nitrogens with one attached hydrogen (secondary N) is 1. The summed E-state index contributed by atoms with van der Waals surface area (Å²) in [4.78, 5) is 24.7. The maximum atomic E-state index is 14.1. The average molecular weight is 369 g/mol. The number of benzene rings is 1. The lowest BCUT2D eigenvalue weighted by Crippen LogP contribution is -2.20. The van der Waals surface area contributed by atoms with Crippen molar-refractivity contribution in [3.05, 3.63) is 52.1 Å². The van der Waals surface area contributed by atoms with Gasteiger partial charge in [-0.3, -0.25) is 4.79 Å². The van der Waals surface area contributed by atoms with E-state index in [-0.39, 0.29) is 18.5 Å². The van der Waals surface area contributed by atoms with Gasteiger partial charge in [0.05, 0.1) is 12.2 Å². The summed E-state index contributed by atoms with van der Waals surface area (Å²) < 4.78 is 50.3. The number of hydrogen-bond donors (Lipinski definition) is 1. The van der Waals surface area contributed by atoms with E-state index < -0.39 is 45.9 Å². The number of carbonyl (C=O) groups is 2. The zero-order chi connectivity index (χ0) is 19.4. The van der Waals surface area contributed by atoms with Gasteiger partial charge in [0.15, 0.2) is 17.5 Å². The van der Waals surface area contributed by atoms with Gasteiger partial charge >= 0.3 is 5.97 Å². The lowest BCUT2D eigenvalue weighted by Gasteiger charge is -2.11. The van der Waals surface area contributed by atoms with Crippen molar-refractivity contribution >= 4 is 17.6 Å². The lowest BCUT2D eigenvalue weighted by atomic mass is 9.98. The molecule has 0 unspecified atom stereocenters. The smallest absolute Gasteiger partial charge is 0.343 e. The molecule has 7 nitrogen and oxygen atoms in total. The molecule has 2 aromatic rings. The fourth-order valence-corrected chi connectivity index (χ4v) is 2.06. The van der Waals surface area contributed by atoms with E-state index >= 15 is 0 Å². The van der Waals surface area contributed by atoms with E-state index in [0.717, 1.165) is 13.1 Å². The van der Waals surface area contributed by atoms with Crippen molar-refractivity contribution in [3.63, 3.8) is 0 Å². The van der Waals surface area contributed by atoms with E-state index in [1.54, 1.807) is 0 Å². The maximum Gasteiger partial charge on any atom is 0.343 e. The fraction of sp³-hybridized carbons (Fsp3) is 0.250. The highest BCUT2D eigenvalue weighted by Gasteiger charge is 2.28. The largest absolute Gasteiger partial charge is 0.462 e. The molecule has 0 aliphatic heterocycles. The predicted molar refractivity (Wildman–Crippen MR) is 82.8 cm³/mol. The van der Waals surface area contributed by atoms with Crippen LogP contribution in [0.5, 0.6) is 0 Å². The molecule has 2 rings (SSSR count). The summed E-state index contributed by atoms with van der Waals surface area (Å²) in [5, 5.41) is 9.50. The zero-order valence-electron chi connectivity index (χ0n) is 14.0. The highest BCUT2D eigenvalue weighted by molar-refractivity contribution is 6.24. The van der Waals surface area contributed by atoms with Gasteiger partial charge in [0.25, 0.3) is 0 Å². The normalized spacial score (nSPS) is 11.4. The van der Waals surface area contributed by atoms with Crippen LogP contribution in [0, 0.1) is 31.3 Å². The Morgan fingerprint density at radius 2 is 1.92 bits per heavy atom. The summed E-state index contributed by atoms with van der Waals surface area (Å²) in [5.74, 6) is -6.30. The van der Waals surface area contributed by atoms with Crippen molar-refractivity contribution in [3.8, 4) is 0 Å². The summed E-state index contributed by atoms with van der Waals surface area (Å²) in [6, 6.07) is 0.234. The predicted octanol–water partition coefficient (Wildman–Crippen LogP) is 2.85. The summed E-state index contributed by atoms with van der Waals surface area (Å²) in [6.07, 6.45) is 0.910. The first kappa shape index (κ1) is 19.2. The first-order valence-corrected chi connectivity index (χ1v) is 7.39. The molecule has 1 N–H and O–H groups in total. The lowest BCUT2D eigenvalue weighted by molar-refractivity contribution is -0.138. The van der Waals surface area contributed by atoms with E-state index in [0.29, 0.717) is 5.69 Å². The number of ketones is 1. The van der Waals surface area contributed by atoms with Gasteiger partial charge in [0, 0.05) is 17.8 Å². The molecular formula is C16H14F3N3O4. The topological polar surface area (TPSA) is 94.3 Å². The molecule has 0 spiro atoms. The van der Waals surface area contributed by atoms with Crippen LogP contribution < -0.4 is 5.32 Å². The molecule has 10 heteroatoms. The molecule has 0 radical (unpaired) electrons. The summed E-state index contributed by atoms with van der Waals surface area (Å²) >= 11 is 0. The third-order valence-corrected chi connectivity index (χ3v) is 3.38. The highest BCUT2D eigenvalue weighted by atomic mass is 19.2. The standard InChI is InChI=1S/C16H14F3N3O4/c1-4-25-16(24)9(6-20-15-8(3)21-26-22-15)14(23)12-7(2)13(19)11(18)5-10(12)17/h5-6H,4H2,1-3H3,(H,20,22). The number of aromatic nitrogens is 2. The Bertz CT molecular complexity index is 893. The molecule has 1 aromatic heterocycles. The van der Waals surface area contributed by atoms with Gasteiger partial charge < -0.3 is 10.1 Å². The van der Waals surface area contributed by atoms with Crippen LogP contribution in [0.4, 0.5) is 19.0 Å². The van der Waals surface area contributed by atoms with Crippen LogP contribution in [0.2, 0.25) is 0 Å². The minimum atomic E-state index is -1.44. The molecule has 0 atom stereocenters. The Hall–Kier alpha value is -3.17. The van der Waals surface area contributed by atoms with E-state index in [4.69, 9.17) is 4.74 Å². The number of esters is 1. The van der Waals surface area contributed by atoms with Crippen molar-refractivity contribution in [2.45, 2.75) is 20.8 Å². The number of carbonyl (C=O) groups excluding carboxylic acids is 2. The summed E-state index contributed by atoms with van der Waals surface area (Å²) in [6.45, 7) is 4.00. The van der Waals surface area contributed by atoms with Gasteiger partial charge in [-0.15, -0.1) is 0 Å². The minimum absolute atomic E-state index is 0.0623. The Morgan fingerprint density at radius 3 is 2.50 bits per heavy atom. The van der Waals surface area contributed by atoms with Crippen LogP contribution in [-0.2, 0) is 9.53 Å². The number of rotatable bonds is 6. The highest BCUT2D eigenvalue weighted by Crippen LogP contribution is 2.23. The maximum absolute atomic E-state index is 14.1. The number of hydrogen-bond acceptors (Lipinski definition) is 7. The number of nitrogens with zero attached hydrogens (tertiary/aromatic N) is 2. The average Bonchev–Trinajstić information content (AvgIpc) is 2.98. The molecule has 0 saturated carbocycles. The van der Waals surface area contributed by atoms with Gasteiger partial charge in [-0.2, -0.15) is 0 Å². The van der Waals surface area contributed by atoms with Gasteiger partial charge in [0.1, 0.15) is 17.1 Å². The number of ether oxygens (including phenoxy) is 1. The summed E-state index contributed by atoms with van der Waals surface area (Å²) in [7, 11) is 0. The molecule has 0 aliphatic rings. The molecule has 0 amide bonds. The first-order chi connectivity index (χ1) is 12.3. The van der Waals surface area contributed by atoms with Crippen LogP contribution in [0.15, 0.2) is 22.5 Å². The quantitative estimate of drug-likeness (QED) is 0.209. The van der Waals surface area contributed by atoms with Crippen molar-refractivity contribution in [1.29, 1.82) is 0 Å². The molecule has 0 saturated heterocycles. The fourth-order valence-electron chi connectivity index (χ4n) is 2.06. The van der Waals surface area contributed by atoms with Crippen LogP contribution in [0.25, 0.3) is 0 Å². The second-order valence-corrected chi connectivity index (χ2v) is 5.10. The second kappa shape index (κ2) is 7.81. The van der Waals surface area contributed by atoms with Crippen LogP contribution in [0.1, 0.15) is 28.5 Å². The van der Waals surface area contributed by atoms with Crippen molar-refractivity contribution in [2.75, 3.05) is 11.9 Å². The molecule has 0 fully saturated rings. The third-order valence-electron chi connectivity index (χ3n) is 3.38. The number of anilines is 1. The van der Waals surface area contributed by atoms with E-state index in [9.17, 15) is 22.8 Å². The Labute approximate surface area is 145 Å². The van der Waals surface area contributed by atoms with Crippen LogP contribution in [0.3, 0.4) is 0 Å². The molecule has 0 bridgehead atoms. The first-order valence-electron chi connectivity index (χ1n) is 7.39. The van der Waals surface area contributed by atoms with Gasteiger partial charge in [-0.05, 0) is 25.9 Å². The Morgan fingerprint density at radius 1 is 1.23 bits per heavy atom.